The average molecular weight is 322 g/mol. The third-order valence-electron chi connectivity index (χ3n) is 2.13. The third-order valence-corrected chi connectivity index (χ3v) is 3.13. The fraction of sp³-hybridized carbons (Fsp3) is 0.300. The van der Waals surface area contributed by atoms with Gasteiger partial charge in [-0.1, -0.05) is 11.6 Å². The zero-order valence-corrected chi connectivity index (χ0v) is 10.3. The maximum absolute atomic E-state index is 11.5. The van der Waals surface area contributed by atoms with Gasteiger partial charge in [0.2, 0.25) is 5.91 Å². The van der Waals surface area contributed by atoms with Gasteiger partial charge in [-0.05, 0) is 53.6 Å². The normalized spacial score (nSPS) is 15.3. The van der Waals surface area contributed by atoms with Crippen molar-refractivity contribution in [1.82, 2.24) is 0 Å². The lowest BCUT2D eigenvalue weighted by Gasteiger charge is -2.06. The summed E-state index contributed by atoms with van der Waals surface area (Å²) in [6.07, 6.45) is 2.01. The molecule has 0 saturated heterocycles. The van der Waals surface area contributed by atoms with E-state index in [9.17, 15) is 4.79 Å². The van der Waals surface area contributed by atoms with Gasteiger partial charge in [-0.25, -0.2) is 0 Å². The van der Waals surface area contributed by atoms with Gasteiger partial charge in [-0.2, -0.15) is 0 Å². The predicted molar refractivity (Wildman–Crippen MR) is 65.5 cm³/mol. The fourth-order valence-corrected chi connectivity index (χ4v) is 1.83. The lowest BCUT2D eigenvalue weighted by atomic mass is 10.3. The minimum Gasteiger partial charge on any atom is -0.324 e. The van der Waals surface area contributed by atoms with Crippen LogP contribution in [0.25, 0.3) is 0 Å². The topological polar surface area (TPSA) is 29.1 Å². The Morgan fingerprint density at radius 1 is 1.50 bits per heavy atom. The van der Waals surface area contributed by atoms with Crippen LogP contribution in [0.4, 0.5) is 5.69 Å². The Bertz CT molecular complexity index is 376. The minimum absolute atomic E-state index is 0.0916. The lowest BCUT2D eigenvalue weighted by Crippen LogP contribution is -2.13. The number of anilines is 1. The van der Waals surface area contributed by atoms with Crippen molar-refractivity contribution in [3.8, 4) is 0 Å². The average Bonchev–Trinajstić information content (AvgIpc) is 2.94. The predicted octanol–water partition coefficient (Wildman–Crippen LogP) is 3.29. The highest BCUT2D eigenvalue weighted by molar-refractivity contribution is 14.1. The van der Waals surface area contributed by atoms with Crippen molar-refractivity contribution in [3.05, 3.63) is 26.8 Å². The van der Waals surface area contributed by atoms with E-state index >= 15 is 0 Å². The number of benzene rings is 1. The second-order valence-corrected chi connectivity index (χ2v) is 5.04. The molecule has 0 heterocycles. The summed E-state index contributed by atoms with van der Waals surface area (Å²) in [5.74, 6) is 0.304. The highest BCUT2D eigenvalue weighted by Gasteiger charge is 2.29. The maximum atomic E-state index is 11.5. The molecule has 1 N–H and O–H groups in total. The van der Waals surface area contributed by atoms with Crippen LogP contribution in [0.15, 0.2) is 18.2 Å². The molecule has 2 nitrogen and oxygen atoms in total. The molecule has 0 unspecified atom stereocenters. The van der Waals surface area contributed by atoms with Gasteiger partial charge in [0.15, 0.2) is 0 Å². The highest BCUT2D eigenvalue weighted by atomic mass is 127. The molecular formula is C10H9ClINO. The van der Waals surface area contributed by atoms with Crippen LogP contribution < -0.4 is 5.32 Å². The summed E-state index contributed by atoms with van der Waals surface area (Å²) in [6, 6.07) is 5.59. The number of amides is 1. The Kier molecular flexibility index (Phi) is 2.97. The van der Waals surface area contributed by atoms with Crippen molar-refractivity contribution >= 4 is 45.8 Å². The molecule has 14 heavy (non-hydrogen) atoms. The molecule has 0 radical (unpaired) electrons. The highest BCUT2D eigenvalue weighted by Crippen LogP contribution is 2.31. The van der Waals surface area contributed by atoms with Crippen LogP contribution in [-0.4, -0.2) is 5.91 Å². The molecule has 1 aromatic carbocycles. The smallest absolute Gasteiger partial charge is 0.227 e. The molecular weight excluding hydrogens is 312 g/mol. The molecule has 0 bridgehead atoms. The first kappa shape index (κ1) is 10.2. The summed E-state index contributed by atoms with van der Waals surface area (Å²) in [5, 5.41) is 3.43. The summed E-state index contributed by atoms with van der Waals surface area (Å²) < 4.78 is 1.07. The Labute approximate surface area is 101 Å². The van der Waals surface area contributed by atoms with Crippen molar-refractivity contribution in [2.75, 3.05) is 5.32 Å². The Morgan fingerprint density at radius 3 is 2.86 bits per heavy atom. The van der Waals surface area contributed by atoms with E-state index in [-0.39, 0.29) is 11.8 Å². The molecule has 1 fully saturated rings. The van der Waals surface area contributed by atoms with Crippen LogP contribution in [0.3, 0.4) is 0 Å². The Balaban J connectivity index is 2.14. The van der Waals surface area contributed by atoms with E-state index in [0.717, 1.165) is 22.1 Å². The van der Waals surface area contributed by atoms with Crippen molar-refractivity contribution in [1.29, 1.82) is 0 Å². The monoisotopic (exact) mass is 321 g/mol. The zero-order chi connectivity index (χ0) is 10.1. The molecule has 0 atom stereocenters. The van der Waals surface area contributed by atoms with E-state index in [2.05, 4.69) is 27.9 Å². The number of nitrogens with one attached hydrogen (secondary N) is 1. The van der Waals surface area contributed by atoms with Crippen LogP contribution in [0.2, 0.25) is 5.02 Å². The van der Waals surface area contributed by atoms with Crippen molar-refractivity contribution < 1.29 is 4.79 Å². The van der Waals surface area contributed by atoms with Gasteiger partial charge in [-0.3, -0.25) is 4.79 Å². The largest absolute Gasteiger partial charge is 0.324 e. The van der Waals surface area contributed by atoms with Crippen LogP contribution in [0.1, 0.15) is 12.8 Å². The first-order valence-corrected chi connectivity index (χ1v) is 5.88. The second-order valence-electron chi connectivity index (χ2n) is 3.39. The van der Waals surface area contributed by atoms with Gasteiger partial charge in [0.25, 0.3) is 0 Å². The van der Waals surface area contributed by atoms with Crippen molar-refractivity contribution in [2.24, 2.45) is 5.92 Å². The molecule has 1 aliphatic carbocycles. The number of carbonyl (C=O) groups is 1. The maximum Gasteiger partial charge on any atom is 0.227 e. The van der Waals surface area contributed by atoms with E-state index in [1.165, 1.54) is 0 Å². The molecule has 4 heteroatoms. The van der Waals surface area contributed by atoms with Crippen molar-refractivity contribution in [3.63, 3.8) is 0 Å². The van der Waals surface area contributed by atoms with Crippen LogP contribution in [-0.2, 0) is 4.79 Å². The van der Waals surface area contributed by atoms with Gasteiger partial charge in [0, 0.05) is 9.49 Å². The third kappa shape index (κ3) is 2.39. The van der Waals surface area contributed by atoms with E-state index in [0.29, 0.717) is 5.02 Å². The molecule has 0 aliphatic heterocycles. The first-order chi connectivity index (χ1) is 6.66. The van der Waals surface area contributed by atoms with Crippen molar-refractivity contribution in [2.45, 2.75) is 12.8 Å². The molecule has 1 saturated carbocycles. The van der Waals surface area contributed by atoms with Crippen LogP contribution >= 0.6 is 34.2 Å². The second kappa shape index (κ2) is 4.06. The van der Waals surface area contributed by atoms with Crippen LogP contribution in [0, 0.1) is 9.49 Å². The summed E-state index contributed by atoms with van der Waals surface area (Å²) in [5.41, 5.74) is 0.718. The minimum atomic E-state index is 0.0916. The molecule has 74 valence electrons. The van der Waals surface area contributed by atoms with Gasteiger partial charge >= 0.3 is 0 Å². The number of hydrogen-bond acceptors (Lipinski definition) is 1. The van der Waals surface area contributed by atoms with Gasteiger partial charge in [0.05, 0.1) is 10.7 Å². The molecule has 0 spiro atoms. The number of hydrogen-bond donors (Lipinski definition) is 1. The van der Waals surface area contributed by atoms with Gasteiger partial charge < -0.3 is 5.32 Å². The Morgan fingerprint density at radius 2 is 2.21 bits per heavy atom. The summed E-state index contributed by atoms with van der Waals surface area (Å²) >= 11 is 8.14. The zero-order valence-electron chi connectivity index (χ0n) is 7.39. The number of carbonyl (C=O) groups excluding carboxylic acids is 1. The van der Waals surface area contributed by atoms with Crippen LogP contribution in [0.5, 0.6) is 0 Å². The molecule has 0 aromatic heterocycles. The standard InChI is InChI=1S/C10H9ClINO/c11-8-4-3-7(12)5-9(8)13-10(14)6-1-2-6/h3-6H,1-2H2,(H,13,14). The van der Waals surface area contributed by atoms with E-state index in [1.807, 2.05) is 12.1 Å². The number of rotatable bonds is 2. The first-order valence-electron chi connectivity index (χ1n) is 4.43. The Hall–Kier alpha value is -0.290. The van der Waals surface area contributed by atoms with Gasteiger partial charge in [0.1, 0.15) is 0 Å². The summed E-state index contributed by atoms with van der Waals surface area (Å²) in [4.78, 5) is 11.5. The van der Waals surface area contributed by atoms with E-state index in [1.54, 1.807) is 6.07 Å². The number of halogens is 2. The SMILES string of the molecule is O=C(Nc1cc(I)ccc1Cl)C1CC1. The summed E-state index contributed by atoms with van der Waals surface area (Å²) in [6.45, 7) is 0. The molecule has 2 rings (SSSR count). The van der Waals surface area contributed by atoms with Gasteiger partial charge in [-0.15, -0.1) is 0 Å². The molecule has 1 amide bonds. The lowest BCUT2D eigenvalue weighted by molar-refractivity contribution is -0.117. The molecule has 1 aromatic rings. The van der Waals surface area contributed by atoms with E-state index in [4.69, 9.17) is 11.6 Å². The molecule has 1 aliphatic rings. The quantitative estimate of drug-likeness (QED) is 0.832. The van der Waals surface area contributed by atoms with E-state index < -0.39 is 0 Å². The fourth-order valence-electron chi connectivity index (χ4n) is 1.17. The summed E-state index contributed by atoms with van der Waals surface area (Å²) in [7, 11) is 0.